The van der Waals surface area contributed by atoms with Gasteiger partial charge in [-0.15, -0.1) is 0 Å². The number of imide groups is 1. The van der Waals surface area contributed by atoms with E-state index in [1.807, 2.05) is 17.3 Å². The quantitative estimate of drug-likeness (QED) is 0.552. The summed E-state index contributed by atoms with van der Waals surface area (Å²) in [5.74, 6) is -0.358. The van der Waals surface area contributed by atoms with Gasteiger partial charge in [0, 0.05) is 12.6 Å². The molecule has 4 N–H and O–H groups in total. The van der Waals surface area contributed by atoms with Crippen molar-refractivity contribution in [1.82, 2.24) is 15.5 Å². The smallest absolute Gasteiger partial charge is 0.318 e. The molecule has 1 atom stereocenters. The standard InChI is InChI=1S/C9H18N4O2/c1-13(5-7-3-2-4-11-7)6-8(14)12-9(10)15/h7,11H,2-6H2,1H3,(H3,10,12,14,15). The molecule has 0 aromatic heterocycles. The molecule has 1 unspecified atom stereocenters. The summed E-state index contributed by atoms with van der Waals surface area (Å²) in [6.07, 6.45) is 2.33. The van der Waals surface area contributed by atoms with Crippen LogP contribution in [-0.2, 0) is 4.79 Å². The average Bonchev–Trinajstić information content (AvgIpc) is 2.53. The maximum absolute atomic E-state index is 11.2. The minimum atomic E-state index is -0.799. The van der Waals surface area contributed by atoms with Gasteiger partial charge in [-0.25, -0.2) is 4.79 Å². The van der Waals surface area contributed by atoms with E-state index in [0.29, 0.717) is 6.04 Å². The first-order chi connectivity index (χ1) is 7.08. The van der Waals surface area contributed by atoms with Crippen molar-refractivity contribution in [3.05, 3.63) is 0 Å². The monoisotopic (exact) mass is 214 g/mol. The van der Waals surface area contributed by atoms with Crippen LogP contribution in [0.3, 0.4) is 0 Å². The molecule has 0 spiro atoms. The molecule has 0 saturated carbocycles. The number of carbonyl (C=O) groups is 2. The zero-order chi connectivity index (χ0) is 11.3. The summed E-state index contributed by atoms with van der Waals surface area (Å²) < 4.78 is 0. The number of nitrogens with one attached hydrogen (secondary N) is 2. The van der Waals surface area contributed by atoms with E-state index in [2.05, 4.69) is 5.32 Å². The molecule has 6 nitrogen and oxygen atoms in total. The molecule has 1 fully saturated rings. The van der Waals surface area contributed by atoms with Crippen molar-refractivity contribution in [2.75, 3.05) is 26.7 Å². The summed E-state index contributed by atoms with van der Waals surface area (Å²) in [7, 11) is 1.85. The summed E-state index contributed by atoms with van der Waals surface area (Å²) >= 11 is 0. The highest BCUT2D eigenvalue weighted by Gasteiger charge is 2.17. The fourth-order valence-electron chi connectivity index (χ4n) is 1.78. The van der Waals surface area contributed by atoms with Gasteiger partial charge in [0.2, 0.25) is 5.91 Å². The van der Waals surface area contributed by atoms with Crippen LogP contribution in [0.4, 0.5) is 4.79 Å². The number of primary amides is 1. The van der Waals surface area contributed by atoms with Crippen LogP contribution < -0.4 is 16.4 Å². The van der Waals surface area contributed by atoms with E-state index in [4.69, 9.17) is 5.73 Å². The molecule has 6 heteroatoms. The normalized spacial score (nSPS) is 20.5. The van der Waals surface area contributed by atoms with Crippen molar-refractivity contribution in [2.24, 2.45) is 5.73 Å². The molecule has 3 amide bonds. The van der Waals surface area contributed by atoms with Crippen molar-refractivity contribution in [1.29, 1.82) is 0 Å². The predicted molar refractivity (Wildman–Crippen MR) is 56.2 cm³/mol. The van der Waals surface area contributed by atoms with Crippen LogP contribution in [0.1, 0.15) is 12.8 Å². The van der Waals surface area contributed by atoms with Gasteiger partial charge in [0.25, 0.3) is 0 Å². The van der Waals surface area contributed by atoms with Gasteiger partial charge < -0.3 is 11.1 Å². The Morgan fingerprint density at radius 1 is 1.60 bits per heavy atom. The molecule has 1 heterocycles. The third kappa shape index (κ3) is 4.75. The van der Waals surface area contributed by atoms with Gasteiger partial charge in [-0.2, -0.15) is 0 Å². The van der Waals surface area contributed by atoms with Gasteiger partial charge in [-0.3, -0.25) is 15.0 Å². The van der Waals surface area contributed by atoms with Crippen molar-refractivity contribution in [2.45, 2.75) is 18.9 Å². The Kier molecular flexibility index (Phi) is 4.51. The number of amides is 3. The highest BCUT2D eigenvalue weighted by molar-refractivity contribution is 5.94. The van der Waals surface area contributed by atoms with Crippen molar-refractivity contribution in [3.63, 3.8) is 0 Å². The number of rotatable bonds is 4. The molecule has 0 aliphatic carbocycles. The van der Waals surface area contributed by atoms with E-state index < -0.39 is 6.03 Å². The largest absolute Gasteiger partial charge is 0.351 e. The fraction of sp³-hybridized carbons (Fsp3) is 0.778. The number of likely N-dealkylation sites (N-methyl/N-ethyl adjacent to an activating group) is 1. The van der Waals surface area contributed by atoms with Crippen LogP contribution in [-0.4, -0.2) is 49.6 Å². The Morgan fingerprint density at radius 3 is 2.87 bits per heavy atom. The van der Waals surface area contributed by atoms with Crippen LogP contribution >= 0.6 is 0 Å². The number of nitrogens with two attached hydrogens (primary N) is 1. The number of hydrogen-bond donors (Lipinski definition) is 3. The number of nitrogens with zero attached hydrogens (tertiary/aromatic N) is 1. The second kappa shape index (κ2) is 5.67. The Morgan fingerprint density at radius 2 is 2.33 bits per heavy atom. The van der Waals surface area contributed by atoms with Gasteiger partial charge in [-0.05, 0) is 26.4 Å². The molecule has 0 aromatic rings. The van der Waals surface area contributed by atoms with Crippen molar-refractivity contribution in [3.8, 4) is 0 Å². The summed E-state index contributed by atoms with van der Waals surface area (Å²) in [5.41, 5.74) is 4.83. The van der Waals surface area contributed by atoms with E-state index in [-0.39, 0.29) is 12.5 Å². The molecular formula is C9H18N4O2. The van der Waals surface area contributed by atoms with E-state index in [1.54, 1.807) is 0 Å². The minimum Gasteiger partial charge on any atom is -0.351 e. The lowest BCUT2D eigenvalue weighted by molar-refractivity contribution is -0.120. The highest BCUT2D eigenvalue weighted by atomic mass is 16.2. The molecule has 86 valence electrons. The van der Waals surface area contributed by atoms with Crippen LogP contribution in [0.5, 0.6) is 0 Å². The zero-order valence-corrected chi connectivity index (χ0v) is 8.95. The molecule has 0 bridgehead atoms. The second-order valence-electron chi connectivity index (χ2n) is 3.90. The van der Waals surface area contributed by atoms with Crippen LogP contribution in [0.25, 0.3) is 0 Å². The second-order valence-corrected chi connectivity index (χ2v) is 3.90. The number of carbonyl (C=O) groups excluding carboxylic acids is 2. The number of urea groups is 1. The average molecular weight is 214 g/mol. The lowest BCUT2D eigenvalue weighted by Gasteiger charge is -2.19. The Hall–Kier alpha value is -1.14. The minimum absolute atomic E-state index is 0.196. The Labute approximate surface area is 89.2 Å². The first kappa shape index (κ1) is 11.9. The van der Waals surface area contributed by atoms with Gasteiger partial charge >= 0.3 is 6.03 Å². The lowest BCUT2D eigenvalue weighted by atomic mass is 10.2. The SMILES string of the molecule is CN(CC(=O)NC(N)=O)CC1CCCN1. The maximum atomic E-state index is 11.2. The van der Waals surface area contributed by atoms with Crippen molar-refractivity contribution < 1.29 is 9.59 Å². The van der Waals surface area contributed by atoms with Gasteiger partial charge in [0.05, 0.1) is 6.54 Å². The van der Waals surface area contributed by atoms with Gasteiger partial charge in [-0.1, -0.05) is 0 Å². The summed E-state index contributed by atoms with van der Waals surface area (Å²) in [5, 5.41) is 5.37. The fourth-order valence-corrected chi connectivity index (χ4v) is 1.78. The number of hydrogen-bond acceptors (Lipinski definition) is 4. The lowest BCUT2D eigenvalue weighted by Crippen LogP contribution is -2.44. The first-order valence-corrected chi connectivity index (χ1v) is 5.09. The summed E-state index contributed by atoms with van der Waals surface area (Å²) in [6, 6.07) is -0.344. The van der Waals surface area contributed by atoms with E-state index in [0.717, 1.165) is 19.5 Å². The third-order valence-corrected chi connectivity index (χ3v) is 2.37. The van der Waals surface area contributed by atoms with Crippen LogP contribution in [0.15, 0.2) is 0 Å². The van der Waals surface area contributed by atoms with E-state index in [9.17, 15) is 9.59 Å². The van der Waals surface area contributed by atoms with E-state index >= 15 is 0 Å². The molecule has 0 aromatic carbocycles. The maximum Gasteiger partial charge on any atom is 0.318 e. The summed E-state index contributed by atoms with van der Waals surface area (Å²) in [4.78, 5) is 23.4. The molecule has 1 rings (SSSR count). The Bertz CT molecular complexity index is 238. The topological polar surface area (TPSA) is 87.5 Å². The molecule has 0 radical (unpaired) electrons. The zero-order valence-electron chi connectivity index (χ0n) is 8.95. The molecule has 1 saturated heterocycles. The highest BCUT2D eigenvalue weighted by Crippen LogP contribution is 2.05. The summed E-state index contributed by atoms with van der Waals surface area (Å²) in [6.45, 7) is 2.05. The van der Waals surface area contributed by atoms with Gasteiger partial charge in [0.1, 0.15) is 0 Å². The van der Waals surface area contributed by atoms with Gasteiger partial charge in [0.15, 0.2) is 0 Å². The van der Waals surface area contributed by atoms with E-state index in [1.165, 1.54) is 6.42 Å². The van der Waals surface area contributed by atoms with Crippen LogP contribution in [0.2, 0.25) is 0 Å². The van der Waals surface area contributed by atoms with Crippen molar-refractivity contribution >= 4 is 11.9 Å². The Balaban J connectivity index is 2.19. The first-order valence-electron chi connectivity index (χ1n) is 5.09. The third-order valence-electron chi connectivity index (χ3n) is 2.37. The molecular weight excluding hydrogens is 196 g/mol. The predicted octanol–water partition coefficient (Wildman–Crippen LogP) is -1.13. The molecule has 15 heavy (non-hydrogen) atoms. The molecule has 1 aliphatic heterocycles. The molecule has 1 aliphatic rings. The van der Waals surface area contributed by atoms with Crippen LogP contribution in [0, 0.1) is 0 Å².